The van der Waals surface area contributed by atoms with Gasteiger partial charge in [-0.15, -0.1) is 0 Å². The Balaban J connectivity index is 1.94. The van der Waals surface area contributed by atoms with Crippen molar-refractivity contribution < 1.29 is 19.4 Å². The first-order chi connectivity index (χ1) is 10.4. The second-order valence-electron chi connectivity index (χ2n) is 6.12. The lowest BCUT2D eigenvalue weighted by atomic mass is 9.97. The van der Waals surface area contributed by atoms with Gasteiger partial charge in [0.2, 0.25) is 0 Å². The first-order valence-electron chi connectivity index (χ1n) is 7.61. The largest absolute Gasteiger partial charge is 0.481 e. The molecule has 1 aromatic carbocycles. The fraction of sp³-hybridized carbons (Fsp3) is 0.529. The van der Waals surface area contributed by atoms with E-state index in [-0.39, 0.29) is 12.5 Å². The summed E-state index contributed by atoms with van der Waals surface area (Å²) in [6, 6.07) is 7.76. The molecule has 1 aromatic rings. The number of benzene rings is 1. The van der Waals surface area contributed by atoms with Crippen molar-refractivity contribution in [1.29, 1.82) is 0 Å². The number of carboxylic acids is 1. The molecule has 1 fully saturated rings. The Labute approximate surface area is 130 Å². The van der Waals surface area contributed by atoms with Gasteiger partial charge in [0, 0.05) is 13.2 Å². The van der Waals surface area contributed by atoms with Crippen molar-refractivity contribution in [3.05, 3.63) is 35.4 Å². The summed E-state index contributed by atoms with van der Waals surface area (Å²) in [6.07, 6.45) is 1.93. The van der Waals surface area contributed by atoms with Crippen LogP contribution in [0.2, 0.25) is 0 Å². The number of rotatable bonds is 6. The number of carboxylic acid groups (broad SMARTS) is 1. The van der Waals surface area contributed by atoms with E-state index >= 15 is 0 Å². The third-order valence-electron chi connectivity index (χ3n) is 4.12. The van der Waals surface area contributed by atoms with Crippen LogP contribution in [0.15, 0.2) is 24.3 Å². The monoisotopic (exact) mass is 305 g/mol. The Hall–Kier alpha value is -1.88. The SMILES string of the molecule is Cc1cccc(CC(CNC(=O)C2(C)CCCO2)C(=O)O)c1. The maximum atomic E-state index is 12.2. The average molecular weight is 305 g/mol. The smallest absolute Gasteiger partial charge is 0.308 e. The van der Waals surface area contributed by atoms with Crippen LogP contribution in [0.25, 0.3) is 0 Å². The molecule has 22 heavy (non-hydrogen) atoms. The van der Waals surface area contributed by atoms with E-state index in [1.54, 1.807) is 6.92 Å². The van der Waals surface area contributed by atoms with Crippen LogP contribution in [0.5, 0.6) is 0 Å². The third kappa shape index (κ3) is 4.07. The maximum absolute atomic E-state index is 12.2. The van der Waals surface area contributed by atoms with Crippen LogP contribution >= 0.6 is 0 Å². The first-order valence-corrected chi connectivity index (χ1v) is 7.61. The molecular weight excluding hydrogens is 282 g/mol. The van der Waals surface area contributed by atoms with Gasteiger partial charge in [-0.05, 0) is 38.7 Å². The van der Waals surface area contributed by atoms with Gasteiger partial charge in [0.25, 0.3) is 5.91 Å². The second kappa shape index (κ2) is 6.92. The van der Waals surface area contributed by atoms with Crippen LogP contribution in [0.3, 0.4) is 0 Å². The highest BCUT2D eigenvalue weighted by atomic mass is 16.5. The molecule has 1 amide bonds. The summed E-state index contributed by atoms with van der Waals surface area (Å²) >= 11 is 0. The van der Waals surface area contributed by atoms with Crippen molar-refractivity contribution in [2.24, 2.45) is 5.92 Å². The Morgan fingerprint density at radius 2 is 2.23 bits per heavy atom. The normalized spacial score (nSPS) is 22.3. The van der Waals surface area contributed by atoms with Crippen LogP contribution < -0.4 is 5.32 Å². The summed E-state index contributed by atoms with van der Waals surface area (Å²) in [5, 5.41) is 12.1. The minimum absolute atomic E-state index is 0.112. The fourth-order valence-electron chi connectivity index (χ4n) is 2.73. The lowest BCUT2D eigenvalue weighted by Crippen LogP contribution is -2.46. The van der Waals surface area contributed by atoms with Gasteiger partial charge in [-0.1, -0.05) is 29.8 Å². The van der Waals surface area contributed by atoms with E-state index in [0.717, 1.165) is 17.5 Å². The van der Waals surface area contributed by atoms with E-state index in [0.29, 0.717) is 19.4 Å². The summed E-state index contributed by atoms with van der Waals surface area (Å²) in [5.74, 6) is -1.77. The molecule has 1 saturated heterocycles. The number of hydrogen-bond donors (Lipinski definition) is 2. The summed E-state index contributed by atoms with van der Waals surface area (Å²) < 4.78 is 5.47. The van der Waals surface area contributed by atoms with E-state index in [4.69, 9.17) is 4.74 Å². The molecule has 0 bridgehead atoms. The lowest BCUT2D eigenvalue weighted by molar-refractivity contribution is -0.143. The quantitative estimate of drug-likeness (QED) is 0.842. The molecule has 0 aliphatic carbocycles. The molecule has 0 radical (unpaired) electrons. The van der Waals surface area contributed by atoms with Crippen molar-refractivity contribution in [3.63, 3.8) is 0 Å². The number of nitrogens with one attached hydrogen (secondary N) is 1. The van der Waals surface area contributed by atoms with E-state index in [9.17, 15) is 14.7 Å². The van der Waals surface area contributed by atoms with E-state index in [2.05, 4.69) is 5.32 Å². The van der Waals surface area contributed by atoms with Crippen LogP contribution in [-0.4, -0.2) is 35.7 Å². The van der Waals surface area contributed by atoms with Crippen LogP contribution in [0, 0.1) is 12.8 Å². The molecule has 1 aliphatic rings. The van der Waals surface area contributed by atoms with Crippen molar-refractivity contribution in [1.82, 2.24) is 5.32 Å². The second-order valence-corrected chi connectivity index (χ2v) is 6.12. The molecule has 2 unspecified atom stereocenters. The molecule has 2 N–H and O–H groups in total. The van der Waals surface area contributed by atoms with Gasteiger partial charge in [0.05, 0.1) is 5.92 Å². The molecule has 1 aliphatic heterocycles. The molecule has 2 atom stereocenters. The minimum Gasteiger partial charge on any atom is -0.481 e. The maximum Gasteiger partial charge on any atom is 0.308 e. The van der Waals surface area contributed by atoms with Gasteiger partial charge in [-0.25, -0.2) is 0 Å². The number of carbonyl (C=O) groups is 2. The van der Waals surface area contributed by atoms with Gasteiger partial charge < -0.3 is 15.2 Å². The van der Waals surface area contributed by atoms with Crippen molar-refractivity contribution in [3.8, 4) is 0 Å². The molecule has 0 saturated carbocycles. The standard InChI is InChI=1S/C17H23NO4/c1-12-5-3-6-13(9-12)10-14(15(19)20)11-18-16(21)17(2)7-4-8-22-17/h3,5-6,9,14H,4,7-8,10-11H2,1-2H3,(H,18,21)(H,19,20). The lowest BCUT2D eigenvalue weighted by Gasteiger charge is -2.23. The number of hydrogen-bond acceptors (Lipinski definition) is 3. The number of amides is 1. The van der Waals surface area contributed by atoms with Gasteiger partial charge >= 0.3 is 5.97 Å². The van der Waals surface area contributed by atoms with Crippen molar-refractivity contribution >= 4 is 11.9 Å². The molecule has 0 spiro atoms. The molecule has 5 nitrogen and oxygen atoms in total. The molecule has 2 rings (SSSR count). The van der Waals surface area contributed by atoms with E-state index in [1.807, 2.05) is 31.2 Å². The minimum atomic E-state index is -0.903. The van der Waals surface area contributed by atoms with E-state index in [1.165, 1.54) is 0 Å². The predicted octanol–water partition coefficient (Wildman–Crippen LogP) is 1.92. The Morgan fingerprint density at radius 3 is 2.82 bits per heavy atom. The number of aryl methyl sites for hydroxylation is 1. The highest BCUT2D eigenvalue weighted by Gasteiger charge is 2.38. The number of aliphatic carboxylic acids is 1. The van der Waals surface area contributed by atoms with Gasteiger partial charge in [0.1, 0.15) is 5.60 Å². The van der Waals surface area contributed by atoms with E-state index < -0.39 is 17.5 Å². The zero-order valence-corrected chi connectivity index (χ0v) is 13.1. The zero-order chi connectivity index (χ0) is 16.2. The molecule has 1 heterocycles. The Bertz CT molecular complexity index is 549. The van der Waals surface area contributed by atoms with Crippen LogP contribution in [-0.2, 0) is 20.7 Å². The Morgan fingerprint density at radius 1 is 1.45 bits per heavy atom. The average Bonchev–Trinajstić information content (AvgIpc) is 2.91. The summed E-state index contributed by atoms with van der Waals surface area (Å²) in [5.41, 5.74) is 1.24. The predicted molar refractivity (Wildman–Crippen MR) is 82.6 cm³/mol. The van der Waals surface area contributed by atoms with Gasteiger partial charge in [-0.3, -0.25) is 9.59 Å². The third-order valence-corrected chi connectivity index (χ3v) is 4.12. The molecule has 5 heteroatoms. The fourth-order valence-corrected chi connectivity index (χ4v) is 2.73. The van der Waals surface area contributed by atoms with Crippen molar-refractivity contribution in [2.45, 2.75) is 38.7 Å². The summed E-state index contributed by atoms with van der Waals surface area (Å²) in [7, 11) is 0. The summed E-state index contributed by atoms with van der Waals surface area (Å²) in [6.45, 7) is 4.42. The van der Waals surface area contributed by atoms with Crippen LogP contribution in [0.4, 0.5) is 0 Å². The topological polar surface area (TPSA) is 75.6 Å². The summed E-state index contributed by atoms with van der Waals surface area (Å²) in [4.78, 5) is 23.6. The molecule has 0 aromatic heterocycles. The van der Waals surface area contributed by atoms with Gasteiger partial charge in [-0.2, -0.15) is 0 Å². The van der Waals surface area contributed by atoms with Gasteiger partial charge in [0.15, 0.2) is 0 Å². The molecular formula is C17H23NO4. The first kappa shape index (κ1) is 16.5. The molecule has 120 valence electrons. The van der Waals surface area contributed by atoms with Crippen LogP contribution in [0.1, 0.15) is 30.9 Å². The highest BCUT2D eigenvalue weighted by Crippen LogP contribution is 2.25. The number of ether oxygens (including phenoxy) is 1. The highest BCUT2D eigenvalue weighted by molar-refractivity contribution is 5.85. The van der Waals surface area contributed by atoms with Crippen molar-refractivity contribution in [2.75, 3.05) is 13.2 Å². The number of carbonyl (C=O) groups excluding carboxylic acids is 1. The Kier molecular flexibility index (Phi) is 5.19. The zero-order valence-electron chi connectivity index (χ0n) is 13.1.